The van der Waals surface area contributed by atoms with Gasteiger partial charge in [-0.3, -0.25) is 0 Å². The van der Waals surface area contributed by atoms with Gasteiger partial charge in [0.2, 0.25) is 0 Å². The molecule has 0 spiro atoms. The molecule has 0 aliphatic carbocycles. The number of hydrogen-bond donors (Lipinski definition) is 2. The molecule has 0 saturated carbocycles. The Morgan fingerprint density at radius 3 is 2.40 bits per heavy atom. The number of anilines is 2. The zero-order valence-corrected chi connectivity index (χ0v) is 13.9. The first kappa shape index (κ1) is 16.7. The molecule has 0 amide bonds. The maximum atomic E-state index is 6.02. The number of unbranched alkanes of at least 4 members (excludes halogenated alkanes) is 2. The van der Waals surface area contributed by atoms with E-state index < -0.39 is 0 Å². The number of nitrogen functional groups attached to an aromatic ring is 1. The normalized spacial score (nSPS) is 13.3. The molecule has 0 radical (unpaired) electrons. The van der Waals surface area contributed by atoms with Gasteiger partial charge in [-0.05, 0) is 20.3 Å². The van der Waals surface area contributed by atoms with Gasteiger partial charge in [0, 0.05) is 17.0 Å². The molecule has 1 aromatic rings. The predicted molar refractivity (Wildman–Crippen MR) is 87.1 cm³/mol. The number of aromatic nitrogens is 2. The van der Waals surface area contributed by atoms with Gasteiger partial charge in [-0.1, -0.05) is 47.0 Å². The standard InChI is InChI=1S/C16H30N4/c1-7-8-9-10-11(2)18-14-12(3)13(17)19-15(20-14)16(4,5)6/h11H,7-10H2,1-6H3,(H3,17,18,19,20). The Bertz CT molecular complexity index is 435. The van der Waals surface area contributed by atoms with Crippen molar-refractivity contribution in [2.24, 2.45) is 0 Å². The van der Waals surface area contributed by atoms with Crippen LogP contribution in [0, 0.1) is 6.92 Å². The van der Waals surface area contributed by atoms with Gasteiger partial charge in [0.1, 0.15) is 17.5 Å². The molecule has 4 heteroatoms. The molecule has 1 heterocycles. The number of hydrogen-bond acceptors (Lipinski definition) is 4. The van der Waals surface area contributed by atoms with Crippen molar-refractivity contribution in [3.63, 3.8) is 0 Å². The summed E-state index contributed by atoms with van der Waals surface area (Å²) in [5.41, 5.74) is 6.88. The quantitative estimate of drug-likeness (QED) is 0.771. The van der Waals surface area contributed by atoms with Crippen molar-refractivity contribution in [1.82, 2.24) is 9.97 Å². The highest BCUT2D eigenvalue weighted by atomic mass is 15.1. The molecule has 0 aliphatic rings. The van der Waals surface area contributed by atoms with Crippen LogP contribution in [-0.2, 0) is 5.41 Å². The van der Waals surface area contributed by atoms with Crippen LogP contribution in [0.3, 0.4) is 0 Å². The summed E-state index contributed by atoms with van der Waals surface area (Å²) in [4.78, 5) is 9.08. The maximum absolute atomic E-state index is 6.02. The Balaban J connectivity index is 2.86. The van der Waals surface area contributed by atoms with Crippen molar-refractivity contribution in [3.05, 3.63) is 11.4 Å². The van der Waals surface area contributed by atoms with Crippen LogP contribution < -0.4 is 11.1 Å². The molecule has 114 valence electrons. The number of nitrogens with zero attached hydrogens (tertiary/aromatic N) is 2. The summed E-state index contributed by atoms with van der Waals surface area (Å²) >= 11 is 0. The van der Waals surface area contributed by atoms with Crippen LogP contribution >= 0.6 is 0 Å². The fourth-order valence-corrected chi connectivity index (χ4v) is 2.02. The summed E-state index contributed by atoms with van der Waals surface area (Å²) in [6.45, 7) is 12.7. The minimum Gasteiger partial charge on any atom is -0.383 e. The molecular weight excluding hydrogens is 248 g/mol. The van der Waals surface area contributed by atoms with Gasteiger partial charge in [0.15, 0.2) is 0 Å². The molecule has 1 atom stereocenters. The van der Waals surface area contributed by atoms with Gasteiger partial charge in [0.25, 0.3) is 0 Å². The van der Waals surface area contributed by atoms with E-state index in [2.05, 4.69) is 49.9 Å². The van der Waals surface area contributed by atoms with Crippen molar-refractivity contribution in [2.45, 2.75) is 78.7 Å². The number of rotatable bonds is 6. The zero-order chi connectivity index (χ0) is 15.3. The average molecular weight is 278 g/mol. The van der Waals surface area contributed by atoms with Crippen molar-refractivity contribution in [2.75, 3.05) is 11.1 Å². The maximum Gasteiger partial charge on any atom is 0.138 e. The summed E-state index contributed by atoms with van der Waals surface area (Å²) < 4.78 is 0. The molecule has 20 heavy (non-hydrogen) atoms. The van der Waals surface area contributed by atoms with Crippen molar-refractivity contribution in [1.29, 1.82) is 0 Å². The average Bonchev–Trinajstić information content (AvgIpc) is 2.33. The van der Waals surface area contributed by atoms with Gasteiger partial charge < -0.3 is 11.1 Å². The smallest absolute Gasteiger partial charge is 0.138 e. The van der Waals surface area contributed by atoms with E-state index in [9.17, 15) is 0 Å². The molecule has 1 rings (SSSR count). The minimum atomic E-state index is -0.0936. The Morgan fingerprint density at radius 1 is 1.20 bits per heavy atom. The first-order valence-electron chi connectivity index (χ1n) is 7.66. The lowest BCUT2D eigenvalue weighted by molar-refractivity contribution is 0.545. The van der Waals surface area contributed by atoms with E-state index in [4.69, 9.17) is 5.73 Å². The van der Waals surface area contributed by atoms with Crippen LogP contribution in [0.25, 0.3) is 0 Å². The van der Waals surface area contributed by atoms with Gasteiger partial charge in [-0.15, -0.1) is 0 Å². The van der Waals surface area contributed by atoms with Gasteiger partial charge in [-0.2, -0.15) is 0 Å². The molecule has 0 fully saturated rings. The van der Waals surface area contributed by atoms with E-state index in [0.717, 1.165) is 23.6 Å². The molecule has 1 unspecified atom stereocenters. The molecule has 0 aliphatic heterocycles. The van der Waals surface area contributed by atoms with Crippen molar-refractivity contribution in [3.8, 4) is 0 Å². The summed E-state index contributed by atoms with van der Waals surface area (Å²) in [5.74, 6) is 2.25. The Hall–Kier alpha value is -1.32. The molecule has 3 N–H and O–H groups in total. The van der Waals surface area contributed by atoms with Crippen LogP contribution in [-0.4, -0.2) is 16.0 Å². The highest BCUT2D eigenvalue weighted by Gasteiger charge is 2.20. The highest BCUT2D eigenvalue weighted by molar-refractivity contribution is 5.55. The molecular formula is C16H30N4. The van der Waals surface area contributed by atoms with E-state index in [0.29, 0.717) is 11.9 Å². The van der Waals surface area contributed by atoms with Gasteiger partial charge >= 0.3 is 0 Å². The minimum absolute atomic E-state index is 0.0936. The fraction of sp³-hybridized carbons (Fsp3) is 0.750. The van der Waals surface area contributed by atoms with E-state index in [1.54, 1.807) is 0 Å². The van der Waals surface area contributed by atoms with Crippen molar-refractivity contribution < 1.29 is 0 Å². The zero-order valence-electron chi connectivity index (χ0n) is 13.9. The van der Waals surface area contributed by atoms with Crippen LogP contribution in [0.5, 0.6) is 0 Å². The largest absolute Gasteiger partial charge is 0.383 e. The third-order valence-electron chi connectivity index (χ3n) is 3.48. The predicted octanol–water partition coefficient (Wildman–Crippen LogP) is 4.05. The molecule has 0 saturated heterocycles. The fourth-order valence-electron chi connectivity index (χ4n) is 2.02. The van der Waals surface area contributed by atoms with Gasteiger partial charge in [0.05, 0.1) is 0 Å². The van der Waals surface area contributed by atoms with E-state index in [-0.39, 0.29) is 5.41 Å². The van der Waals surface area contributed by atoms with Gasteiger partial charge in [-0.25, -0.2) is 9.97 Å². The second-order valence-corrected chi connectivity index (χ2v) is 6.70. The topological polar surface area (TPSA) is 63.8 Å². The number of nitrogens with one attached hydrogen (secondary N) is 1. The Morgan fingerprint density at radius 2 is 1.85 bits per heavy atom. The molecule has 0 aromatic carbocycles. The van der Waals surface area contributed by atoms with E-state index in [1.807, 2.05) is 6.92 Å². The summed E-state index contributed by atoms with van der Waals surface area (Å²) in [7, 11) is 0. The Kier molecular flexibility index (Phi) is 5.78. The summed E-state index contributed by atoms with van der Waals surface area (Å²) in [6, 6.07) is 0.405. The molecule has 4 nitrogen and oxygen atoms in total. The second-order valence-electron chi connectivity index (χ2n) is 6.70. The summed E-state index contributed by atoms with van der Waals surface area (Å²) in [5, 5.41) is 3.49. The summed E-state index contributed by atoms with van der Waals surface area (Å²) in [6.07, 6.45) is 4.93. The first-order chi connectivity index (χ1) is 9.25. The monoisotopic (exact) mass is 278 g/mol. The van der Waals surface area contributed by atoms with Crippen LogP contribution in [0.1, 0.15) is 71.7 Å². The lowest BCUT2D eigenvalue weighted by Gasteiger charge is -2.22. The lowest BCUT2D eigenvalue weighted by Crippen LogP contribution is -2.22. The van der Waals surface area contributed by atoms with Crippen molar-refractivity contribution >= 4 is 11.6 Å². The third kappa shape index (κ3) is 4.66. The molecule has 1 aromatic heterocycles. The number of nitrogens with two attached hydrogens (primary N) is 1. The van der Waals surface area contributed by atoms with Crippen LogP contribution in [0.4, 0.5) is 11.6 Å². The third-order valence-corrected chi connectivity index (χ3v) is 3.48. The second kappa shape index (κ2) is 6.91. The van der Waals surface area contributed by atoms with E-state index in [1.165, 1.54) is 19.3 Å². The SMILES string of the molecule is CCCCCC(C)Nc1nc(C(C)(C)C)nc(N)c1C. The van der Waals surface area contributed by atoms with E-state index >= 15 is 0 Å². The first-order valence-corrected chi connectivity index (χ1v) is 7.66. The lowest BCUT2D eigenvalue weighted by atomic mass is 9.95. The molecule has 0 bridgehead atoms. The van der Waals surface area contributed by atoms with Crippen LogP contribution in [0.15, 0.2) is 0 Å². The van der Waals surface area contributed by atoms with Crippen LogP contribution in [0.2, 0.25) is 0 Å². The Labute approximate surface area is 123 Å². The highest BCUT2D eigenvalue weighted by Crippen LogP contribution is 2.25.